The summed E-state index contributed by atoms with van der Waals surface area (Å²) in [5.74, 6) is 0. The van der Waals surface area contributed by atoms with Crippen LogP contribution < -0.4 is 0 Å². The van der Waals surface area contributed by atoms with Crippen molar-refractivity contribution in [3.05, 3.63) is 239 Å². The number of aromatic nitrogens is 2. The van der Waals surface area contributed by atoms with Crippen molar-refractivity contribution in [2.75, 3.05) is 0 Å². The summed E-state index contributed by atoms with van der Waals surface area (Å²) in [5, 5.41) is 63.1. The second kappa shape index (κ2) is 18.8. The van der Waals surface area contributed by atoms with Crippen LogP contribution in [0.25, 0.3) is 111 Å². The van der Waals surface area contributed by atoms with Gasteiger partial charge >= 0.3 is 6.18 Å². The van der Waals surface area contributed by atoms with Gasteiger partial charge in [-0.2, -0.15) is 44.7 Å². The van der Waals surface area contributed by atoms with E-state index in [2.05, 4.69) is 30.3 Å². The Labute approximate surface area is 444 Å². The molecule has 0 saturated heterocycles. The topological polar surface area (TPSA) is 153 Å². The molecule has 0 unspecified atom stereocenters. The number of rotatable bonds is 7. The largest absolute Gasteiger partial charge is 0.416 e. The molecule has 2 aromatic heterocycles. The second-order valence-electron chi connectivity index (χ2n) is 18.8. The molecule has 8 nitrogen and oxygen atoms in total. The average molecular weight is 1010 g/mol. The molecule has 0 spiro atoms. The van der Waals surface area contributed by atoms with Crippen LogP contribution in [0, 0.1) is 68.0 Å². The van der Waals surface area contributed by atoms with Crippen LogP contribution in [0.2, 0.25) is 0 Å². The van der Waals surface area contributed by atoms with E-state index in [0.29, 0.717) is 61.3 Å². The van der Waals surface area contributed by atoms with E-state index in [9.17, 15) is 44.7 Å². The van der Waals surface area contributed by atoms with E-state index in [0.717, 1.165) is 78.2 Å². The van der Waals surface area contributed by atoms with Crippen LogP contribution in [0.15, 0.2) is 200 Å². The second-order valence-corrected chi connectivity index (χ2v) is 18.8. The molecule has 0 atom stereocenters. The van der Waals surface area contributed by atoms with Gasteiger partial charge in [-0.05, 0) is 177 Å². The molecule has 12 aromatic rings. The number of benzene rings is 10. The molecule has 0 saturated carbocycles. The van der Waals surface area contributed by atoms with Crippen molar-refractivity contribution in [2.24, 2.45) is 0 Å². The van der Waals surface area contributed by atoms with E-state index in [1.807, 2.05) is 137 Å². The van der Waals surface area contributed by atoms with Crippen LogP contribution >= 0.6 is 0 Å². The highest BCUT2D eigenvalue weighted by molar-refractivity contribution is 6.14. The predicted octanol–water partition coefficient (Wildman–Crippen LogP) is 16.5. The number of nitriles is 6. The fourth-order valence-corrected chi connectivity index (χ4v) is 10.5. The van der Waals surface area contributed by atoms with Crippen molar-refractivity contribution in [3.63, 3.8) is 0 Å². The van der Waals surface area contributed by atoms with Gasteiger partial charge in [-0.1, -0.05) is 72.8 Å². The lowest BCUT2D eigenvalue weighted by Crippen LogP contribution is -2.07. The first-order chi connectivity index (χ1) is 38.0. The first-order valence-corrected chi connectivity index (χ1v) is 24.4. The Morgan fingerprint density at radius 3 is 0.910 bits per heavy atom. The molecule has 0 amide bonds. The fraction of sp³-hybridized carbons (Fsp3) is 0.0149. The molecular formula is C67H33F3N8. The maximum atomic E-state index is 15.0. The minimum absolute atomic E-state index is 0.0903. The highest BCUT2D eigenvalue weighted by atomic mass is 19.4. The van der Waals surface area contributed by atoms with Gasteiger partial charge in [-0.25, -0.2) is 0 Å². The quantitative estimate of drug-likeness (QED) is 0.155. The molecule has 0 aliphatic heterocycles. The summed E-state index contributed by atoms with van der Waals surface area (Å²) in [5.41, 5.74) is 11.7. The minimum atomic E-state index is -4.82. The SMILES string of the molecule is N#Cc1ccc(-c2ccc3c(c2)c2cc(-c4ccc(C#N)cc4)ccc2n3-c2cc(-c3cc(C#N)cc(C(F)(F)F)c3)c(-n3c4ccc(-c5ccc(C#N)cc5)cc4c4cc(-c5ccc(C#N)cc5)ccc43)cc2C#N)cc1. The lowest BCUT2D eigenvalue weighted by molar-refractivity contribution is -0.137. The van der Waals surface area contributed by atoms with E-state index in [1.165, 1.54) is 6.07 Å². The molecule has 0 bridgehead atoms. The van der Waals surface area contributed by atoms with Crippen molar-refractivity contribution in [1.82, 2.24) is 9.13 Å². The van der Waals surface area contributed by atoms with Gasteiger partial charge < -0.3 is 9.13 Å². The summed E-state index contributed by atoms with van der Waals surface area (Å²) in [7, 11) is 0. The fourth-order valence-electron chi connectivity index (χ4n) is 10.5. The van der Waals surface area contributed by atoms with E-state index >= 15 is 0 Å². The highest BCUT2D eigenvalue weighted by Gasteiger charge is 2.32. The molecule has 0 radical (unpaired) electrons. The van der Waals surface area contributed by atoms with Crippen LogP contribution in [-0.4, -0.2) is 9.13 Å². The van der Waals surface area contributed by atoms with Crippen LogP contribution in [0.5, 0.6) is 0 Å². The lowest BCUT2D eigenvalue weighted by atomic mass is 9.95. The molecular weight excluding hydrogens is 974 g/mol. The molecule has 78 heavy (non-hydrogen) atoms. The Balaban J connectivity index is 1.16. The number of nitrogens with zero attached hydrogens (tertiary/aromatic N) is 8. The van der Waals surface area contributed by atoms with Gasteiger partial charge in [0.2, 0.25) is 0 Å². The molecule has 0 N–H and O–H groups in total. The number of hydrogen-bond acceptors (Lipinski definition) is 6. The summed E-state index contributed by atoms with van der Waals surface area (Å²) in [4.78, 5) is 0. The monoisotopic (exact) mass is 1010 g/mol. The Bertz CT molecular complexity index is 4520. The maximum Gasteiger partial charge on any atom is 0.416 e. The van der Waals surface area contributed by atoms with Gasteiger partial charge in [0.25, 0.3) is 0 Å². The third-order valence-electron chi connectivity index (χ3n) is 14.3. The van der Waals surface area contributed by atoms with E-state index in [-0.39, 0.29) is 16.7 Å². The van der Waals surface area contributed by atoms with Crippen molar-refractivity contribution in [3.8, 4) is 103 Å². The summed E-state index contributed by atoms with van der Waals surface area (Å²) < 4.78 is 48.8. The zero-order valence-electron chi connectivity index (χ0n) is 40.8. The lowest BCUT2D eigenvalue weighted by Gasteiger charge is -2.20. The molecule has 2 heterocycles. The minimum Gasteiger partial charge on any atom is -0.309 e. The highest BCUT2D eigenvalue weighted by Crippen LogP contribution is 2.45. The van der Waals surface area contributed by atoms with Crippen LogP contribution in [0.3, 0.4) is 0 Å². The average Bonchev–Trinajstić information content (AvgIpc) is 4.12. The third-order valence-corrected chi connectivity index (χ3v) is 14.3. The van der Waals surface area contributed by atoms with Crippen molar-refractivity contribution in [2.45, 2.75) is 6.18 Å². The molecule has 0 aliphatic rings. The Hall–Kier alpha value is -11.5. The summed E-state index contributed by atoms with van der Waals surface area (Å²) in [6.45, 7) is 0. The van der Waals surface area contributed by atoms with Crippen LogP contribution in [0.1, 0.15) is 38.9 Å². The maximum absolute atomic E-state index is 15.0. The predicted molar refractivity (Wildman–Crippen MR) is 296 cm³/mol. The van der Waals surface area contributed by atoms with Crippen LogP contribution in [-0.2, 0) is 6.18 Å². The third kappa shape index (κ3) is 8.17. The number of hydrogen-bond donors (Lipinski definition) is 0. The van der Waals surface area contributed by atoms with Crippen molar-refractivity contribution >= 4 is 43.6 Å². The molecule has 11 heteroatoms. The number of alkyl halides is 3. The molecule has 10 aromatic carbocycles. The molecule has 0 fully saturated rings. The molecule has 362 valence electrons. The van der Waals surface area contributed by atoms with E-state index in [4.69, 9.17) is 0 Å². The summed E-state index contributed by atoms with van der Waals surface area (Å²) in [6.07, 6.45) is -4.82. The van der Waals surface area contributed by atoms with Crippen molar-refractivity contribution < 1.29 is 13.2 Å². The molecule has 12 rings (SSSR count). The summed E-state index contributed by atoms with van der Waals surface area (Å²) in [6, 6.07) is 72.5. The van der Waals surface area contributed by atoms with Gasteiger partial charge in [0.15, 0.2) is 0 Å². The van der Waals surface area contributed by atoms with Crippen LogP contribution in [0.4, 0.5) is 13.2 Å². The van der Waals surface area contributed by atoms with Crippen molar-refractivity contribution in [1.29, 1.82) is 31.6 Å². The standard InChI is InChI=1S/C67H33F3N8/c68-67(69,70)55-26-44(38-75)25-53(27-55)56-33-65(77-61-21-17-49(45-9-1-40(34-71)2-10-45)28-57(61)58-29-50(18-22-62(58)77)46-11-3-41(35-72)4-12-46)54(39-76)32-66(56)78-63-23-19-51(47-13-5-42(36-73)6-14-47)30-59(63)60-31-52(20-24-64(60)78)48-15-7-43(37-74)8-16-48/h1-33H. The van der Waals surface area contributed by atoms with Gasteiger partial charge in [0.05, 0.1) is 103 Å². The zero-order valence-corrected chi connectivity index (χ0v) is 40.8. The Kier molecular flexibility index (Phi) is 11.4. The summed E-state index contributed by atoms with van der Waals surface area (Å²) >= 11 is 0. The van der Waals surface area contributed by atoms with E-state index in [1.54, 1.807) is 60.7 Å². The van der Waals surface area contributed by atoms with Gasteiger partial charge in [-0.3, -0.25) is 0 Å². The Morgan fingerprint density at radius 2 is 0.603 bits per heavy atom. The van der Waals surface area contributed by atoms with Gasteiger partial charge in [0.1, 0.15) is 6.07 Å². The Morgan fingerprint density at radius 1 is 0.282 bits per heavy atom. The molecule has 0 aliphatic carbocycles. The van der Waals surface area contributed by atoms with E-state index < -0.39 is 11.7 Å². The number of fused-ring (bicyclic) bond motifs is 6. The normalized spacial score (nSPS) is 11.2. The smallest absolute Gasteiger partial charge is 0.309 e. The van der Waals surface area contributed by atoms with Gasteiger partial charge in [0, 0.05) is 27.1 Å². The zero-order chi connectivity index (χ0) is 53.8. The first kappa shape index (κ1) is 47.5. The van der Waals surface area contributed by atoms with Gasteiger partial charge in [-0.15, -0.1) is 0 Å². The first-order valence-electron chi connectivity index (χ1n) is 24.4. The number of halogens is 3.